The van der Waals surface area contributed by atoms with Gasteiger partial charge in [0.2, 0.25) is 0 Å². The summed E-state index contributed by atoms with van der Waals surface area (Å²) in [6.07, 6.45) is 74.5. The molecule has 0 saturated heterocycles. The van der Waals surface area contributed by atoms with E-state index in [0.29, 0.717) is 25.7 Å². The minimum Gasteiger partial charge on any atom is -0.462 e. The zero-order chi connectivity index (χ0) is 76.0. The summed E-state index contributed by atoms with van der Waals surface area (Å²) in [5.74, 6) is -2.11. The first-order chi connectivity index (χ1) is 50.7. The molecule has 0 aromatic rings. The highest BCUT2D eigenvalue weighted by Crippen LogP contribution is 2.45. The van der Waals surface area contributed by atoms with Crippen LogP contribution in [-0.4, -0.2) is 96.7 Å². The molecule has 0 radical (unpaired) electrons. The number of aliphatic hydroxyl groups excluding tert-OH is 1. The van der Waals surface area contributed by atoms with E-state index in [0.717, 1.165) is 103 Å². The van der Waals surface area contributed by atoms with Gasteiger partial charge in [-0.3, -0.25) is 37.3 Å². The van der Waals surface area contributed by atoms with Gasteiger partial charge >= 0.3 is 39.5 Å². The second kappa shape index (κ2) is 78.9. The van der Waals surface area contributed by atoms with Gasteiger partial charge in [-0.15, -0.1) is 0 Å². The lowest BCUT2D eigenvalue weighted by atomic mass is 10.0. The summed E-state index contributed by atoms with van der Waals surface area (Å²) in [5, 5.41) is 10.7. The highest BCUT2D eigenvalue weighted by atomic mass is 31.2. The Hall–Kier alpha value is -2.20. The molecule has 5 atom stereocenters. The predicted molar refractivity (Wildman–Crippen MR) is 428 cm³/mol. The van der Waals surface area contributed by atoms with E-state index in [1.165, 1.54) is 270 Å². The Morgan fingerprint density at radius 1 is 0.260 bits per heavy atom. The average Bonchev–Trinajstić information content (AvgIpc) is 0.935. The van der Waals surface area contributed by atoms with Crippen molar-refractivity contribution in [2.45, 2.75) is 470 Å². The van der Waals surface area contributed by atoms with Crippen molar-refractivity contribution >= 4 is 39.5 Å². The van der Waals surface area contributed by atoms with E-state index in [9.17, 15) is 43.2 Å². The van der Waals surface area contributed by atoms with Crippen LogP contribution in [0.25, 0.3) is 0 Å². The van der Waals surface area contributed by atoms with E-state index < -0.39 is 97.5 Å². The molecule has 0 aromatic heterocycles. The van der Waals surface area contributed by atoms with Crippen LogP contribution in [0.1, 0.15) is 451 Å². The van der Waals surface area contributed by atoms with Crippen LogP contribution in [-0.2, 0) is 65.4 Å². The minimum absolute atomic E-state index is 0.0955. The number of esters is 4. The van der Waals surface area contributed by atoms with E-state index in [1.807, 2.05) is 0 Å². The number of aliphatic hydroxyl groups is 1. The van der Waals surface area contributed by atoms with Crippen molar-refractivity contribution in [3.63, 3.8) is 0 Å². The molecule has 0 rings (SSSR count). The molecule has 0 aromatic carbocycles. The maximum Gasteiger partial charge on any atom is 0.472 e. The highest BCUT2D eigenvalue weighted by molar-refractivity contribution is 7.47. The first kappa shape index (κ1) is 102. The standard InChI is InChI=1S/C85H164O17P2/c1-5-9-13-17-21-25-29-33-37-39-43-46-50-54-58-62-66-70-83(88)96-76-80(101-84(89)71-67-63-59-55-51-47-42-36-32-28-24-20-16-12-8-4)77-99-103(91,92)97-73-79(86)74-98-104(93,94)100-78-81(75-95-82(87)69-65-61-57-53-49-45-41-35-31-27-23-19-15-11-7-3)102-85(90)72-68-64-60-56-52-48-44-40-38-34-30-26-22-18-14-10-6-2/h36,42,79-81,86H,5-35,37-41,43-78H2,1-4H3,(H,91,92)(H,93,94)/b42-36-/t79-,80+,81+/m0/s1. The molecular formula is C85H164O17P2. The molecule has 0 aliphatic rings. The van der Waals surface area contributed by atoms with Crippen LogP contribution in [0.3, 0.4) is 0 Å². The Kier molecular flexibility index (Phi) is 77.2. The van der Waals surface area contributed by atoms with Gasteiger partial charge in [-0.2, -0.15) is 0 Å². The van der Waals surface area contributed by atoms with Gasteiger partial charge in [0.05, 0.1) is 26.4 Å². The average molecular weight is 1520 g/mol. The number of allylic oxidation sites excluding steroid dienone is 2. The summed E-state index contributed by atoms with van der Waals surface area (Å²) in [4.78, 5) is 73.2. The number of ether oxygens (including phenoxy) is 4. The summed E-state index contributed by atoms with van der Waals surface area (Å²) in [7, 11) is -9.93. The van der Waals surface area contributed by atoms with E-state index >= 15 is 0 Å². The second-order valence-electron chi connectivity index (χ2n) is 30.2. The van der Waals surface area contributed by atoms with Crippen molar-refractivity contribution in [2.24, 2.45) is 0 Å². The van der Waals surface area contributed by atoms with Crippen molar-refractivity contribution < 1.29 is 80.2 Å². The van der Waals surface area contributed by atoms with Crippen LogP contribution in [0.2, 0.25) is 0 Å². The van der Waals surface area contributed by atoms with Gasteiger partial charge in [-0.25, -0.2) is 9.13 Å². The maximum absolute atomic E-state index is 13.1. The monoisotopic (exact) mass is 1520 g/mol. The van der Waals surface area contributed by atoms with Crippen LogP contribution in [0.4, 0.5) is 0 Å². The molecule has 3 N–H and O–H groups in total. The molecule has 0 heterocycles. The second-order valence-corrected chi connectivity index (χ2v) is 33.1. The van der Waals surface area contributed by atoms with Gasteiger partial charge in [0, 0.05) is 25.7 Å². The van der Waals surface area contributed by atoms with Crippen molar-refractivity contribution in [2.75, 3.05) is 39.6 Å². The van der Waals surface area contributed by atoms with Gasteiger partial charge in [0.1, 0.15) is 19.3 Å². The number of phosphoric acid groups is 2. The Morgan fingerprint density at radius 2 is 0.442 bits per heavy atom. The van der Waals surface area contributed by atoms with Crippen LogP contribution in [0.15, 0.2) is 12.2 Å². The summed E-state index contributed by atoms with van der Waals surface area (Å²) in [5.41, 5.74) is 0. The third-order valence-corrected chi connectivity index (χ3v) is 21.7. The molecule has 0 aliphatic carbocycles. The van der Waals surface area contributed by atoms with Crippen molar-refractivity contribution in [3.8, 4) is 0 Å². The molecule has 2 unspecified atom stereocenters. The van der Waals surface area contributed by atoms with E-state index in [1.54, 1.807) is 0 Å². The molecule has 0 fully saturated rings. The van der Waals surface area contributed by atoms with Crippen LogP contribution < -0.4 is 0 Å². The van der Waals surface area contributed by atoms with Gasteiger partial charge in [-0.1, -0.05) is 387 Å². The zero-order valence-corrected chi connectivity index (χ0v) is 69.5. The third kappa shape index (κ3) is 77.9. The van der Waals surface area contributed by atoms with Crippen molar-refractivity contribution in [1.29, 1.82) is 0 Å². The number of phosphoric ester groups is 2. The normalized spacial score (nSPS) is 13.8. The Balaban J connectivity index is 5.28. The minimum atomic E-state index is -4.97. The molecule has 104 heavy (non-hydrogen) atoms. The van der Waals surface area contributed by atoms with Crippen LogP contribution in [0, 0.1) is 0 Å². The molecule has 0 amide bonds. The molecule has 0 aliphatic heterocycles. The molecule has 19 heteroatoms. The lowest BCUT2D eigenvalue weighted by molar-refractivity contribution is -0.161. The molecule has 0 bridgehead atoms. The molecule has 0 spiro atoms. The fourth-order valence-electron chi connectivity index (χ4n) is 13.0. The van der Waals surface area contributed by atoms with Gasteiger partial charge in [0.15, 0.2) is 12.2 Å². The number of hydrogen-bond donors (Lipinski definition) is 3. The quantitative estimate of drug-likeness (QED) is 0.0169. The highest BCUT2D eigenvalue weighted by Gasteiger charge is 2.30. The molecule has 17 nitrogen and oxygen atoms in total. The first-order valence-electron chi connectivity index (χ1n) is 43.9. The van der Waals surface area contributed by atoms with Gasteiger partial charge in [0.25, 0.3) is 0 Å². The number of carbonyl (C=O) groups excluding carboxylic acids is 4. The van der Waals surface area contributed by atoms with E-state index in [-0.39, 0.29) is 25.7 Å². The van der Waals surface area contributed by atoms with Crippen molar-refractivity contribution in [1.82, 2.24) is 0 Å². The summed E-state index contributed by atoms with van der Waals surface area (Å²) < 4.78 is 68.9. The SMILES string of the molecule is CCCCCCCC/C=C\CCCCCCCC(=O)O[C@H](COC(=O)CCCCCCCCCCCCCCCCCCC)COP(=O)(O)OC[C@H](O)COP(=O)(O)OC[C@@H](COC(=O)CCCCCCCCCCCCCCCCC)OC(=O)CCCCCCCCCCCCCCCCCCC. The van der Waals surface area contributed by atoms with Crippen LogP contribution >= 0.6 is 15.6 Å². The predicted octanol–water partition coefficient (Wildman–Crippen LogP) is 25.9. The van der Waals surface area contributed by atoms with E-state index in [4.69, 9.17) is 37.0 Å². The first-order valence-corrected chi connectivity index (χ1v) is 46.9. The number of rotatable bonds is 85. The largest absolute Gasteiger partial charge is 0.472 e. The number of unbranched alkanes of at least 4 members (excludes halogenated alkanes) is 57. The number of hydrogen-bond acceptors (Lipinski definition) is 15. The van der Waals surface area contributed by atoms with Crippen LogP contribution in [0.5, 0.6) is 0 Å². The topological polar surface area (TPSA) is 237 Å². The number of carbonyl (C=O) groups is 4. The summed E-state index contributed by atoms with van der Waals surface area (Å²) in [6, 6.07) is 0. The van der Waals surface area contributed by atoms with Gasteiger partial charge in [-0.05, 0) is 51.4 Å². The summed E-state index contributed by atoms with van der Waals surface area (Å²) in [6.45, 7) is 5.03. The fourth-order valence-corrected chi connectivity index (χ4v) is 14.6. The Bertz CT molecular complexity index is 2010. The maximum atomic E-state index is 13.1. The molecule has 0 saturated carbocycles. The summed E-state index contributed by atoms with van der Waals surface area (Å²) >= 11 is 0. The van der Waals surface area contributed by atoms with Gasteiger partial charge < -0.3 is 33.8 Å². The Morgan fingerprint density at radius 3 is 0.663 bits per heavy atom. The smallest absolute Gasteiger partial charge is 0.462 e. The molecular weight excluding hydrogens is 1350 g/mol. The fraction of sp³-hybridized carbons (Fsp3) is 0.929. The zero-order valence-electron chi connectivity index (χ0n) is 67.7. The third-order valence-electron chi connectivity index (χ3n) is 19.8. The van der Waals surface area contributed by atoms with E-state index in [2.05, 4.69) is 39.8 Å². The molecule has 616 valence electrons. The van der Waals surface area contributed by atoms with Crippen molar-refractivity contribution in [3.05, 3.63) is 12.2 Å². The lowest BCUT2D eigenvalue weighted by Crippen LogP contribution is -2.30. The Labute approximate surface area is 638 Å². The lowest BCUT2D eigenvalue weighted by Gasteiger charge is -2.21.